The van der Waals surface area contributed by atoms with Gasteiger partial charge in [-0.05, 0) is 48.6 Å². The molecule has 0 unspecified atom stereocenters. The standard InChI is InChI=1S/C21H20N2O3/c24-19-11-12-20(25)23(19)16-8-3-7-15(13-16)21(26)22-18-10-4-6-14-5-1-2-9-17(14)18/h1-3,5,7-9,13,18H,4,6,10-12H2,(H,22,26)/t18-/m1/s1. The Labute approximate surface area is 152 Å². The number of nitrogens with one attached hydrogen (secondary N) is 1. The Morgan fingerprint density at radius 2 is 1.73 bits per heavy atom. The molecule has 3 amide bonds. The molecule has 2 aromatic carbocycles. The van der Waals surface area contributed by atoms with Gasteiger partial charge in [0.1, 0.15) is 0 Å². The van der Waals surface area contributed by atoms with Crippen molar-refractivity contribution in [2.75, 3.05) is 4.90 Å². The number of carbonyl (C=O) groups excluding carboxylic acids is 3. The summed E-state index contributed by atoms with van der Waals surface area (Å²) in [6.45, 7) is 0. The van der Waals surface area contributed by atoms with Crippen LogP contribution >= 0.6 is 0 Å². The number of carbonyl (C=O) groups is 3. The Hall–Kier alpha value is -2.95. The second-order valence-corrected chi connectivity index (χ2v) is 6.79. The average Bonchev–Trinajstić information content (AvgIpc) is 3.00. The lowest BCUT2D eigenvalue weighted by molar-refractivity contribution is -0.121. The number of imide groups is 1. The van der Waals surface area contributed by atoms with Gasteiger partial charge in [-0.2, -0.15) is 0 Å². The molecule has 1 aliphatic carbocycles. The number of amides is 3. The third kappa shape index (κ3) is 3.01. The van der Waals surface area contributed by atoms with Gasteiger partial charge in [-0.3, -0.25) is 19.3 Å². The molecule has 1 saturated heterocycles. The summed E-state index contributed by atoms with van der Waals surface area (Å²) in [6.07, 6.45) is 3.45. The lowest BCUT2D eigenvalue weighted by atomic mass is 9.87. The van der Waals surface area contributed by atoms with Crippen molar-refractivity contribution in [2.24, 2.45) is 0 Å². The minimum atomic E-state index is -0.214. The highest BCUT2D eigenvalue weighted by Gasteiger charge is 2.30. The molecule has 2 aliphatic rings. The summed E-state index contributed by atoms with van der Waals surface area (Å²) in [5.74, 6) is -0.616. The number of rotatable bonds is 3. The molecule has 1 N–H and O–H groups in total. The second-order valence-electron chi connectivity index (χ2n) is 6.79. The highest BCUT2D eigenvalue weighted by molar-refractivity contribution is 6.20. The van der Waals surface area contributed by atoms with E-state index in [1.54, 1.807) is 24.3 Å². The topological polar surface area (TPSA) is 66.5 Å². The van der Waals surface area contributed by atoms with Gasteiger partial charge < -0.3 is 5.32 Å². The van der Waals surface area contributed by atoms with E-state index < -0.39 is 0 Å². The van der Waals surface area contributed by atoms with Crippen LogP contribution in [-0.2, 0) is 16.0 Å². The predicted molar refractivity (Wildman–Crippen MR) is 97.8 cm³/mol. The van der Waals surface area contributed by atoms with Crippen molar-refractivity contribution in [3.05, 3.63) is 65.2 Å². The van der Waals surface area contributed by atoms with Gasteiger partial charge in [0.2, 0.25) is 11.8 Å². The van der Waals surface area contributed by atoms with E-state index in [0.29, 0.717) is 11.3 Å². The minimum absolute atomic E-state index is 0.00819. The Balaban J connectivity index is 1.56. The molecule has 1 heterocycles. The summed E-state index contributed by atoms with van der Waals surface area (Å²) in [7, 11) is 0. The van der Waals surface area contributed by atoms with E-state index in [9.17, 15) is 14.4 Å². The first-order chi connectivity index (χ1) is 12.6. The number of hydrogen-bond donors (Lipinski definition) is 1. The van der Waals surface area contributed by atoms with E-state index in [0.717, 1.165) is 19.3 Å². The van der Waals surface area contributed by atoms with Crippen LogP contribution in [0.5, 0.6) is 0 Å². The van der Waals surface area contributed by atoms with Crippen molar-refractivity contribution in [1.82, 2.24) is 5.32 Å². The van der Waals surface area contributed by atoms with Crippen LogP contribution in [0.4, 0.5) is 5.69 Å². The van der Waals surface area contributed by atoms with Gasteiger partial charge in [0.25, 0.3) is 5.91 Å². The monoisotopic (exact) mass is 348 g/mol. The van der Waals surface area contributed by atoms with Gasteiger partial charge in [-0.15, -0.1) is 0 Å². The average molecular weight is 348 g/mol. The van der Waals surface area contributed by atoms with Crippen LogP contribution < -0.4 is 10.2 Å². The van der Waals surface area contributed by atoms with Gasteiger partial charge in [-0.25, -0.2) is 0 Å². The smallest absolute Gasteiger partial charge is 0.251 e. The molecule has 0 radical (unpaired) electrons. The SMILES string of the molecule is O=C(N[C@@H]1CCCc2ccccc21)c1cccc(N2C(=O)CCC2=O)c1. The Kier molecular flexibility index (Phi) is 4.29. The van der Waals surface area contributed by atoms with Crippen LogP contribution in [-0.4, -0.2) is 17.7 Å². The normalized spacial score (nSPS) is 19.4. The molecule has 0 bridgehead atoms. The molecule has 1 atom stereocenters. The first-order valence-corrected chi connectivity index (χ1v) is 8.98. The third-order valence-electron chi connectivity index (χ3n) is 5.09. The number of fused-ring (bicyclic) bond motifs is 1. The molecular weight excluding hydrogens is 328 g/mol. The molecular formula is C21H20N2O3. The van der Waals surface area contributed by atoms with E-state index in [2.05, 4.69) is 17.4 Å². The number of aryl methyl sites for hydroxylation is 1. The Morgan fingerprint density at radius 1 is 0.962 bits per heavy atom. The Morgan fingerprint density at radius 3 is 2.54 bits per heavy atom. The first kappa shape index (κ1) is 16.5. The Bertz CT molecular complexity index is 874. The zero-order valence-electron chi connectivity index (χ0n) is 14.4. The van der Waals surface area contributed by atoms with Crippen molar-refractivity contribution in [2.45, 2.75) is 38.1 Å². The number of nitrogens with zero attached hydrogens (tertiary/aromatic N) is 1. The van der Waals surface area contributed by atoms with Crippen molar-refractivity contribution >= 4 is 23.4 Å². The molecule has 0 spiro atoms. The lowest BCUT2D eigenvalue weighted by Gasteiger charge is -2.26. The van der Waals surface area contributed by atoms with E-state index >= 15 is 0 Å². The van der Waals surface area contributed by atoms with Crippen LogP contribution in [0, 0.1) is 0 Å². The minimum Gasteiger partial charge on any atom is -0.345 e. The van der Waals surface area contributed by atoms with Crippen LogP contribution in [0.2, 0.25) is 0 Å². The van der Waals surface area contributed by atoms with Gasteiger partial charge in [0, 0.05) is 18.4 Å². The largest absolute Gasteiger partial charge is 0.345 e. The van der Waals surface area contributed by atoms with Crippen LogP contribution in [0.3, 0.4) is 0 Å². The molecule has 2 aromatic rings. The first-order valence-electron chi connectivity index (χ1n) is 8.98. The second kappa shape index (κ2) is 6.75. The van der Waals surface area contributed by atoms with E-state index in [1.807, 2.05) is 12.1 Å². The van der Waals surface area contributed by atoms with E-state index in [1.165, 1.54) is 16.0 Å². The van der Waals surface area contributed by atoms with Crippen molar-refractivity contribution < 1.29 is 14.4 Å². The maximum absolute atomic E-state index is 12.8. The molecule has 0 aromatic heterocycles. The van der Waals surface area contributed by atoms with Crippen molar-refractivity contribution in [1.29, 1.82) is 0 Å². The van der Waals surface area contributed by atoms with Gasteiger partial charge in [0.15, 0.2) is 0 Å². The number of anilines is 1. The number of benzene rings is 2. The molecule has 0 saturated carbocycles. The summed E-state index contributed by atoms with van der Waals surface area (Å²) in [5, 5.41) is 3.10. The summed E-state index contributed by atoms with van der Waals surface area (Å²) >= 11 is 0. The quantitative estimate of drug-likeness (QED) is 0.867. The predicted octanol–water partition coefficient (Wildman–Crippen LogP) is 3.15. The molecule has 26 heavy (non-hydrogen) atoms. The molecule has 1 aliphatic heterocycles. The molecule has 1 fully saturated rings. The highest BCUT2D eigenvalue weighted by Crippen LogP contribution is 2.30. The highest BCUT2D eigenvalue weighted by atomic mass is 16.2. The molecule has 5 heteroatoms. The van der Waals surface area contributed by atoms with E-state index in [-0.39, 0.29) is 36.6 Å². The molecule has 4 rings (SSSR count). The zero-order chi connectivity index (χ0) is 18.1. The maximum Gasteiger partial charge on any atom is 0.251 e. The van der Waals surface area contributed by atoms with Crippen LogP contribution in [0.1, 0.15) is 53.2 Å². The van der Waals surface area contributed by atoms with Gasteiger partial charge >= 0.3 is 0 Å². The summed E-state index contributed by atoms with van der Waals surface area (Å²) in [5.41, 5.74) is 3.38. The molecule has 5 nitrogen and oxygen atoms in total. The summed E-state index contributed by atoms with van der Waals surface area (Å²) in [6, 6.07) is 14.9. The lowest BCUT2D eigenvalue weighted by Crippen LogP contribution is -2.32. The van der Waals surface area contributed by atoms with Crippen LogP contribution in [0.15, 0.2) is 48.5 Å². The van der Waals surface area contributed by atoms with Crippen molar-refractivity contribution in [3.8, 4) is 0 Å². The summed E-state index contributed by atoms with van der Waals surface area (Å²) in [4.78, 5) is 37.8. The fourth-order valence-electron chi connectivity index (χ4n) is 3.80. The number of hydrogen-bond acceptors (Lipinski definition) is 3. The summed E-state index contributed by atoms with van der Waals surface area (Å²) < 4.78 is 0. The third-order valence-corrected chi connectivity index (χ3v) is 5.09. The zero-order valence-corrected chi connectivity index (χ0v) is 14.4. The molecule has 132 valence electrons. The van der Waals surface area contributed by atoms with Crippen LogP contribution in [0.25, 0.3) is 0 Å². The van der Waals surface area contributed by atoms with Crippen molar-refractivity contribution in [3.63, 3.8) is 0 Å². The fraction of sp³-hybridized carbons (Fsp3) is 0.286. The maximum atomic E-state index is 12.8. The fourth-order valence-corrected chi connectivity index (χ4v) is 3.80. The van der Waals surface area contributed by atoms with Gasteiger partial charge in [0.05, 0.1) is 11.7 Å². The van der Waals surface area contributed by atoms with E-state index in [4.69, 9.17) is 0 Å². The van der Waals surface area contributed by atoms with Gasteiger partial charge in [-0.1, -0.05) is 30.3 Å².